The van der Waals surface area contributed by atoms with Crippen molar-refractivity contribution in [3.63, 3.8) is 0 Å². The molecule has 3 aromatic carbocycles. The van der Waals surface area contributed by atoms with Gasteiger partial charge >= 0.3 is 6.18 Å². The molecule has 164 valence electrons. The summed E-state index contributed by atoms with van der Waals surface area (Å²) in [7, 11) is 0. The Morgan fingerprint density at radius 3 is 2.13 bits per heavy atom. The zero-order valence-electron chi connectivity index (χ0n) is 16.8. The van der Waals surface area contributed by atoms with Crippen LogP contribution in [0, 0.1) is 23.4 Å². The van der Waals surface area contributed by atoms with Gasteiger partial charge in [-0.15, -0.1) is 0 Å². The second-order valence-electron chi connectivity index (χ2n) is 8.34. The summed E-state index contributed by atoms with van der Waals surface area (Å²) in [6.07, 6.45) is 3.21. The van der Waals surface area contributed by atoms with Crippen molar-refractivity contribution >= 4 is 10.8 Å². The maximum absolute atomic E-state index is 15.1. The first-order valence-corrected chi connectivity index (χ1v) is 10.5. The Bertz CT molecular complexity index is 1070. The van der Waals surface area contributed by atoms with Gasteiger partial charge in [-0.05, 0) is 47.4 Å². The molecule has 0 amide bonds. The summed E-state index contributed by atoms with van der Waals surface area (Å²) in [6.45, 7) is 0. The Morgan fingerprint density at radius 1 is 0.806 bits per heavy atom. The summed E-state index contributed by atoms with van der Waals surface area (Å²) in [5, 5.41) is 0.912. The summed E-state index contributed by atoms with van der Waals surface area (Å²) < 4.78 is 81.4. The molecule has 31 heavy (non-hydrogen) atoms. The highest BCUT2D eigenvalue weighted by atomic mass is 19.4. The van der Waals surface area contributed by atoms with Crippen molar-refractivity contribution in [1.29, 1.82) is 0 Å². The SMILES string of the molecule is Fc1cc(-c2ccc3cc(CCC4CCCCC4)ccc3c2F)cc(F)c1C(F)(F)F. The van der Waals surface area contributed by atoms with E-state index in [1.54, 1.807) is 12.1 Å². The van der Waals surface area contributed by atoms with E-state index in [1.807, 2.05) is 12.1 Å². The molecule has 0 nitrogen and oxygen atoms in total. The van der Waals surface area contributed by atoms with Gasteiger partial charge in [0.05, 0.1) is 0 Å². The average Bonchev–Trinajstić information content (AvgIpc) is 2.71. The predicted octanol–water partition coefficient (Wildman–Crippen LogP) is 8.46. The molecule has 0 radical (unpaired) electrons. The van der Waals surface area contributed by atoms with Crippen molar-refractivity contribution in [2.75, 3.05) is 0 Å². The van der Waals surface area contributed by atoms with Gasteiger partial charge in [-0.25, -0.2) is 13.2 Å². The number of hydrogen-bond acceptors (Lipinski definition) is 0. The van der Waals surface area contributed by atoms with E-state index in [-0.39, 0.29) is 16.5 Å². The van der Waals surface area contributed by atoms with Crippen LogP contribution in [0.3, 0.4) is 0 Å². The lowest BCUT2D eigenvalue weighted by Gasteiger charge is -2.21. The summed E-state index contributed by atoms with van der Waals surface area (Å²) in [4.78, 5) is 0. The van der Waals surface area contributed by atoms with Crippen LogP contribution in [0.2, 0.25) is 0 Å². The minimum Gasteiger partial charge on any atom is -0.206 e. The first-order chi connectivity index (χ1) is 14.7. The average molecular weight is 436 g/mol. The number of hydrogen-bond donors (Lipinski definition) is 0. The lowest BCUT2D eigenvalue weighted by atomic mass is 9.85. The molecule has 1 aliphatic carbocycles. The van der Waals surface area contributed by atoms with E-state index in [9.17, 15) is 22.0 Å². The fourth-order valence-electron chi connectivity index (χ4n) is 4.57. The van der Waals surface area contributed by atoms with Gasteiger partial charge in [0, 0.05) is 10.9 Å². The Balaban J connectivity index is 1.62. The predicted molar refractivity (Wildman–Crippen MR) is 109 cm³/mol. The Hall–Kier alpha value is -2.50. The third-order valence-corrected chi connectivity index (χ3v) is 6.22. The zero-order valence-corrected chi connectivity index (χ0v) is 16.8. The number of fused-ring (bicyclic) bond motifs is 1. The molecule has 0 aromatic heterocycles. The standard InChI is InChI=1S/C25H22F6/c26-21-13-18(14-22(27)23(21)25(29,30)31)20-11-9-17-12-16(8-10-19(17)24(20)28)7-6-15-4-2-1-3-5-15/h8-15H,1-7H2. The molecule has 0 bridgehead atoms. The molecule has 0 unspecified atom stereocenters. The zero-order chi connectivity index (χ0) is 22.2. The van der Waals surface area contributed by atoms with Crippen molar-refractivity contribution < 1.29 is 26.3 Å². The first-order valence-electron chi connectivity index (χ1n) is 10.5. The number of benzene rings is 3. The van der Waals surface area contributed by atoms with Crippen LogP contribution in [0.1, 0.15) is 49.7 Å². The van der Waals surface area contributed by atoms with E-state index in [4.69, 9.17) is 0 Å². The van der Waals surface area contributed by atoms with Gasteiger partial charge in [-0.3, -0.25) is 0 Å². The molecule has 3 aromatic rings. The molecule has 6 heteroatoms. The fraction of sp³-hybridized carbons (Fsp3) is 0.360. The third kappa shape index (κ3) is 4.58. The smallest absolute Gasteiger partial charge is 0.206 e. The summed E-state index contributed by atoms with van der Waals surface area (Å²) in [5.41, 5.74) is -1.30. The molecule has 1 fully saturated rings. The molecule has 0 atom stereocenters. The first kappa shape index (κ1) is 21.7. The Kier molecular flexibility index (Phi) is 6.00. The van der Waals surface area contributed by atoms with Crippen LogP contribution in [-0.2, 0) is 12.6 Å². The van der Waals surface area contributed by atoms with E-state index in [1.165, 1.54) is 38.2 Å². The number of halogens is 6. The number of alkyl halides is 3. The van der Waals surface area contributed by atoms with Gasteiger partial charge in [0.15, 0.2) is 0 Å². The van der Waals surface area contributed by atoms with Crippen LogP contribution in [0.25, 0.3) is 21.9 Å². The van der Waals surface area contributed by atoms with Crippen molar-refractivity contribution in [1.82, 2.24) is 0 Å². The molecule has 4 rings (SSSR count). The maximum atomic E-state index is 15.1. The Labute approximate surface area is 176 Å². The quantitative estimate of drug-likeness (QED) is 0.360. The van der Waals surface area contributed by atoms with Crippen molar-refractivity contribution in [2.45, 2.75) is 51.1 Å². The van der Waals surface area contributed by atoms with Gasteiger partial charge in [0.25, 0.3) is 0 Å². The highest BCUT2D eigenvalue weighted by Crippen LogP contribution is 2.37. The van der Waals surface area contributed by atoms with E-state index in [0.717, 1.165) is 24.3 Å². The van der Waals surface area contributed by atoms with Gasteiger partial charge in [-0.2, -0.15) is 13.2 Å². The minimum absolute atomic E-state index is 0.144. The minimum atomic E-state index is -5.16. The van der Waals surface area contributed by atoms with Crippen molar-refractivity contribution in [2.24, 2.45) is 5.92 Å². The summed E-state index contributed by atoms with van der Waals surface area (Å²) >= 11 is 0. The molecule has 0 saturated heterocycles. The van der Waals surface area contributed by atoms with E-state index >= 15 is 4.39 Å². The van der Waals surface area contributed by atoms with Crippen molar-refractivity contribution in [3.05, 3.63) is 71.0 Å². The van der Waals surface area contributed by atoms with Crippen LogP contribution in [-0.4, -0.2) is 0 Å². The Morgan fingerprint density at radius 2 is 1.48 bits per heavy atom. The second kappa shape index (κ2) is 8.56. The normalized spacial score (nSPS) is 15.5. The fourth-order valence-corrected chi connectivity index (χ4v) is 4.57. The largest absolute Gasteiger partial charge is 0.422 e. The van der Waals surface area contributed by atoms with Crippen LogP contribution in [0.5, 0.6) is 0 Å². The molecule has 0 spiro atoms. The molecule has 1 aliphatic rings. The molecule has 1 saturated carbocycles. The van der Waals surface area contributed by atoms with Crippen LogP contribution in [0.4, 0.5) is 26.3 Å². The maximum Gasteiger partial charge on any atom is 0.422 e. The molecule has 0 N–H and O–H groups in total. The lowest BCUT2D eigenvalue weighted by Crippen LogP contribution is -2.11. The van der Waals surface area contributed by atoms with Gasteiger partial charge in [0.2, 0.25) is 0 Å². The summed E-state index contributed by atoms with van der Waals surface area (Å²) in [6, 6.07) is 9.39. The van der Waals surface area contributed by atoms with E-state index in [0.29, 0.717) is 17.5 Å². The highest BCUT2D eigenvalue weighted by molar-refractivity contribution is 5.88. The molecular formula is C25H22F6. The van der Waals surface area contributed by atoms with Crippen LogP contribution < -0.4 is 0 Å². The number of aryl methyl sites for hydroxylation is 1. The molecular weight excluding hydrogens is 414 g/mol. The molecule has 0 aliphatic heterocycles. The molecule has 0 heterocycles. The lowest BCUT2D eigenvalue weighted by molar-refractivity contribution is -0.142. The number of rotatable bonds is 4. The van der Waals surface area contributed by atoms with E-state index < -0.39 is 29.2 Å². The van der Waals surface area contributed by atoms with Gasteiger partial charge < -0.3 is 0 Å². The topological polar surface area (TPSA) is 0 Å². The monoisotopic (exact) mass is 436 g/mol. The third-order valence-electron chi connectivity index (χ3n) is 6.22. The van der Waals surface area contributed by atoms with Gasteiger partial charge in [0.1, 0.15) is 23.0 Å². The summed E-state index contributed by atoms with van der Waals surface area (Å²) in [5.74, 6) is -3.51. The van der Waals surface area contributed by atoms with Crippen molar-refractivity contribution in [3.8, 4) is 11.1 Å². The van der Waals surface area contributed by atoms with Gasteiger partial charge in [-0.1, -0.05) is 62.4 Å². The second-order valence-corrected chi connectivity index (χ2v) is 8.34. The van der Waals surface area contributed by atoms with Crippen LogP contribution in [0.15, 0.2) is 42.5 Å². The van der Waals surface area contributed by atoms with E-state index in [2.05, 4.69) is 0 Å². The van der Waals surface area contributed by atoms with Crippen LogP contribution >= 0.6 is 0 Å². The highest BCUT2D eigenvalue weighted by Gasteiger charge is 2.38.